The van der Waals surface area contributed by atoms with Crippen molar-refractivity contribution in [3.8, 4) is 0 Å². The summed E-state index contributed by atoms with van der Waals surface area (Å²) in [4.78, 5) is 29.3. The highest BCUT2D eigenvalue weighted by Gasteiger charge is 2.25. The van der Waals surface area contributed by atoms with E-state index in [0.29, 0.717) is 44.9 Å². The molecule has 2 fully saturated rings. The molecule has 2 rings (SSSR count). The van der Waals surface area contributed by atoms with Crippen molar-refractivity contribution in [1.82, 2.24) is 15.5 Å². The van der Waals surface area contributed by atoms with Crippen LogP contribution < -0.4 is 10.6 Å². The zero-order chi connectivity index (χ0) is 15.8. The summed E-state index contributed by atoms with van der Waals surface area (Å²) in [6.07, 6.45) is 3.98. The van der Waals surface area contributed by atoms with E-state index in [1.54, 1.807) is 0 Å². The number of carbonyl (C=O) groups is 2. The van der Waals surface area contributed by atoms with Crippen LogP contribution in [0.5, 0.6) is 0 Å². The van der Waals surface area contributed by atoms with E-state index in [-0.39, 0.29) is 17.9 Å². The average molecular weight is 310 g/mol. The van der Waals surface area contributed by atoms with Crippen LogP contribution >= 0.6 is 0 Å². The second kappa shape index (κ2) is 8.73. The Bertz CT molecular complexity index is 403. The summed E-state index contributed by atoms with van der Waals surface area (Å²) in [5, 5.41) is 6.33. The summed E-state index contributed by atoms with van der Waals surface area (Å²) < 4.78 is 5.55. The number of imide groups is 1. The van der Waals surface area contributed by atoms with E-state index in [1.165, 1.54) is 4.90 Å². The van der Waals surface area contributed by atoms with Gasteiger partial charge in [-0.25, -0.2) is 0 Å². The Morgan fingerprint density at radius 2 is 2.05 bits per heavy atom. The third-order valence-corrected chi connectivity index (χ3v) is 3.83. The van der Waals surface area contributed by atoms with Gasteiger partial charge in [-0.1, -0.05) is 0 Å². The maximum absolute atomic E-state index is 11.7. The lowest BCUT2D eigenvalue weighted by atomic mass is 10.1. The van der Waals surface area contributed by atoms with Crippen molar-refractivity contribution in [2.75, 3.05) is 32.8 Å². The van der Waals surface area contributed by atoms with Crippen molar-refractivity contribution in [3.05, 3.63) is 0 Å². The lowest BCUT2D eigenvalue weighted by molar-refractivity contribution is -0.147. The topological polar surface area (TPSA) is 83.0 Å². The normalized spacial score (nSPS) is 23.0. The molecule has 1 atom stereocenters. The van der Waals surface area contributed by atoms with Gasteiger partial charge in [0.15, 0.2) is 5.96 Å². The lowest BCUT2D eigenvalue weighted by Crippen LogP contribution is -2.46. The van der Waals surface area contributed by atoms with Crippen molar-refractivity contribution in [1.29, 1.82) is 0 Å². The number of amides is 2. The molecule has 0 radical (unpaired) electrons. The monoisotopic (exact) mass is 310 g/mol. The summed E-state index contributed by atoms with van der Waals surface area (Å²) >= 11 is 0. The molecular weight excluding hydrogens is 284 g/mol. The predicted octanol–water partition coefficient (Wildman–Crippen LogP) is 0.260. The smallest absolute Gasteiger partial charge is 0.229 e. The molecule has 0 aromatic rings. The number of nitrogens with zero attached hydrogens (tertiary/aromatic N) is 2. The molecule has 0 bridgehead atoms. The third kappa shape index (κ3) is 4.98. The van der Waals surface area contributed by atoms with Gasteiger partial charge < -0.3 is 15.4 Å². The Morgan fingerprint density at radius 3 is 2.68 bits per heavy atom. The van der Waals surface area contributed by atoms with E-state index in [0.717, 1.165) is 26.0 Å². The van der Waals surface area contributed by atoms with Crippen LogP contribution in [0.3, 0.4) is 0 Å². The zero-order valence-electron chi connectivity index (χ0n) is 13.3. The van der Waals surface area contributed by atoms with Gasteiger partial charge in [0.25, 0.3) is 0 Å². The van der Waals surface area contributed by atoms with Crippen LogP contribution in [0.4, 0.5) is 0 Å². The van der Waals surface area contributed by atoms with Crippen LogP contribution in [0.15, 0.2) is 4.99 Å². The molecule has 2 heterocycles. The highest BCUT2D eigenvalue weighted by Crippen LogP contribution is 2.12. The largest absolute Gasteiger partial charge is 0.376 e. The second-order valence-electron chi connectivity index (χ2n) is 5.57. The number of guanidine groups is 1. The van der Waals surface area contributed by atoms with Gasteiger partial charge in [-0.2, -0.15) is 0 Å². The fourth-order valence-electron chi connectivity index (χ4n) is 2.66. The molecule has 0 spiro atoms. The van der Waals surface area contributed by atoms with Gasteiger partial charge in [-0.3, -0.25) is 19.5 Å². The van der Waals surface area contributed by atoms with E-state index < -0.39 is 0 Å². The van der Waals surface area contributed by atoms with Crippen molar-refractivity contribution < 1.29 is 14.3 Å². The molecule has 7 nitrogen and oxygen atoms in total. The number of piperidine rings is 1. The Hall–Kier alpha value is -1.63. The number of rotatable bonds is 6. The van der Waals surface area contributed by atoms with Gasteiger partial charge in [0.05, 0.1) is 12.6 Å². The quantitative estimate of drug-likeness (QED) is 0.418. The van der Waals surface area contributed by atoms with Gasteiger partial charge in [-0.05, 0) is 26.2 Å². The summed E-state index contributed by atoms with van der Waals surface area (Å²) in [7, 11) is 0. The fourth-order valence-corrected chi connectivity index (χ4v) is 2.66. The van der Waals surface area contributed by atoms with Crippen molar-refractivity contribution in [2.24, 2.45) is 4.99 Å². The Labute approximate surface area is 131 Å². The van der Waals surface area contributed by atoms with Crippen molar-refractivity contribution >= 4 is 17.8 Å². The summed E-state index contributed by atoms with van der Waals surface area (Å²) in [6, 6.07) is 0. The number of carbonyl (C=O) groups excluding carboxylic acids is 2. The Balaban J connectivity index is 1.76. The molecule has 2 saturated heterocycles. The van der Waals surface area contributed by atoms with Crippen LogP contribution in [0.25, 0.3) is 0 Å². The van der Waals surface area contributed by atoms with E-state index in [2.05, 4.69) is 15.6 Å². The van der Waals surface area contributed by atoms with E-state index in [9.17, 15) is 9.59 Å². The molecule has 2 aliphatic heterocycles. The first-order chi connectivity index (χ1) is 10.7. The van der Waals surface area contributed by atoms with Crippen LogP contribution in [0.1, 0.15) is 39.0 Å². The maximum atomic E-state index is 11.7. The minimum Gasteiger partial charge on any atom is -0.376 e. The number of likely N-dealkylation sites (tertiary alicyclic amines) is 1. The van der Waals surface area contributed by atoms with E-state index in [4.69, 9.17) is 4.74 Å². The van der Waals surface area contributed by atoms with Crippen LogP contribution in [-0.2, 0) is 14.3 Å². The molecule has 7 heteroatoms. The third-order valence-electron chi connectivity index (χ3n) is 3.83. The number of nitrogens with one attached hydrogen (secondary N) is 2. The summed E-state index contributed by atoms with van der Waals surface area (Å²) in [6.45, 7) is 5.12. The SMILES string of the molecule is CCNC(=NCC1CCCO1)NCCN1C(=O)CCCC1=O. The molecule has 22 heavy (non-hydrogen) atoms. The van der Waals surface area contributed by atoms with Crippen molar-refractivity contribution in [3.63, 3.8) is 0 Å². The molecule has 124 valence electrons. The lowest BCUT2D eigenvalue weighted by Gasteiger charge is -2.25. The molecule has 0 aromatic carbocycles. The highest BCUT2D eigenvalue weighted by atomic mass is 16.5. The number of hydrogen-bond donors (Lipinski definition) is 2. The van der Waals surface area contributed by atoms with Gasteiger partial charge >= 0.3 is 0 Å². The van der Waals surface area contributed by atoms with Crippen LogP contribution in [0, 0.1) is 0 Å². The first-order valence-electron chi connectivity index (χ1n) is 8.17. The van der Waals surface area contributed by atoms with Crippen LogP contribution in [0.2, 0.25) is 0 Å². The van der Waals surface area contributed by atoms with E-state index >= 15 is 0 Å². The summed E-state index contributed by atoms with van der Waals surface area (Å²) in [5.74, 6) is 0.564. The first-order valence-corrected chi connectivity index (χ1v) is 8.17. The van der Waals surface area contributed by atoms with Gasteiger partial charge in [0.2, 0.25) is 11.8 Å². The van der Waals surface area contributed by atoms with E-state index in [1.807, 2.05) is 6.92 Å². The minimum atomic E-state index is -0.0701. The minimum absolute atomic E-state index is 0.0701. The molecule has 1 unspecified atom stereocenters. The summed E-state index contributed by atoms with van der Waals surface area (Å²) in [5.41, 5.74) is 0. The molecular formula is C15H26N4O3. The second-order valence-corrected chi connectivity index (χ2v) is 5.57. The predicted molar refractivity (Wildman–Crippen MR) is 83.5 cm³/mol. The maximum Gasteiger partial charge on any atom is 0.229 e. The standard InChI is InChI=1S/C15H26N4O3/c1-2-16-15(18-11-12-5-4-10-22-12)17-8-9-19-13(20)6-3-7-14(19)21/h12H,2-11H2,1H3,(H2,16,17,18). The Kier molecular flexibility index (Phi) is 6.64. The highest BCUT2D eigenvalue weighted by molar-refractivity contribution is 5.97. The van der Waals surface area contributed by atoms with Gasteiger partial charge in [0.1, 0.15) is 0 Å². The number of ether oxygens (including phenoxy) is 1. The molecule has 2 N–H and O–H groups in total. The molecule has 2 aliphatic rings. The van der Waals surface area contributed by atoms with Crippen molar-refractivity contribution in [2.45, 2.75) is 45.1 Å². The molecule has 0 aromatic heterocycles. The first kappa shape index (κ1) is 16.7. The number of hydrogen-bond acceptors (Lipinski definition) is 4. The molecule has 0 aliphatic carbocycles. The zero-order valence-corrected chi connectivity index (χ0v) is 13.3. The van der Waals surface area contributed by atoms with Gasteiger partial charge in [0, 0.05) is 39.1 Å². The van der Waals surface area contributed by atoms with Gasteiger partial charge in [-0.15, -0.1) is 0 Å². The fraction of sp³-hybridized carbons (Fsp3) is 0.800. The number of aliphatic imine (C=N–C) groups is 1. The molecule has 0 saturated carbocycles. The van der Waals surface area contributed by atoms with Crippen LogP contribution in [-0.4, -0.2) is 61.6 Å². The molecule has 2 amide bonds. The Morgan fingerprint density at radius 1 is 1.27 bits per heavy atom. The average Bonchev–Trinajstić information content (AvgIpc) is 3.01.